The van der Waals surface area contributed by atoms with E-state index in [2.05, 4.69) is 34.4 Å². The Hall–Kier alpha value is -1.36. The van der Waals surface area contributed by atoms with Crippen LogP contribution in [0.5, 0.6) is 0 Å². The molecule has 5 heteroatoms. The highest BCUT2D eigenvalue weighted by Crippen LogP contribution is 2.17. The third-order valence-electron chi connectivity index (χ3n) is 3.03. The van der Waals surface area contributed by atoms with Crippen molar-refractivity contribution in [3.8, 4) is 0 Å². The van der Waals surface area contributed by atoms with Crippen LogP contribution >= 0.6 is 0 Å². The number of anilines is 2. The Labute approximate surface area is 108 Å². The molecule has 1 aromatic rings. The van der Waals surface area contributed by atoms with Gasteiger partial charge in [0, 0.05) is 25.4 Å². The average Bonchev–Trinajstić information content (AvgIpc) is 2.37. The fourth-order valence-electron chi connectivity index (χ4n) is 2.10. The van der Waals surface area contributed by atoms with Crippen molar-refractivity contribution in [2.24, 2.45) is 0 Å². The van der Waals surface area contributed by atoms with Gasteiger partial charge in [-0.3, -0.25) is 0 Å². The molecule has 0 aromatic carbocycles. The summed E-state index contributed by atoms with van der Waals surface area (Å²) in [5, 5.41) is 6.65. The molecule has 1 aliphatic heterocycles. The van der Waals surface area contributed by atoms with Gasteiger partial charge in [-0.15, -0.1) is 0 Å². The Bertz CT molecular complexity index is 372. The van der Waals surface area contributed by atoms with Gasteiger partial charge in [0.1, 0.15) is 5.82 Å². The first kappa shape index (κ1) is 13.1. The van der Waals surface area contributed by atoms with E-state index >= 15 is 0 Å². The molecular formula is C13H22N4O. The lowest BCUT2D eigenvalue weighted by Gasteiger charge is -2.28. The zero-order valence-electron chi connectivity index (χ0n) is 11.1. The van der Waals surface area contributed by atoms with Gasteiger partial charge in [0.25, 0.3) is 0 Å². The molecule has 0 saturated carbocycles. The largest absolute Gasteiger partial charge is 0.378 e. The standard InChI is InChI=1S/C13H22N4O/c1-3-6-14-13-15-7-4-12(17-13)16-11-5-8-18-10(2)9-11/h4,7,10-11H,3,5-6,8-9H2,1-2H3,(H2,14,15,16,17). The van der Waals surface area contributed by atoms with E-state index in [1.54, 1.807) is 6.20 Å². The summed E-state index contributed by atoms with van der Waals surface area (Å²) in [5.74, 6) is 1.59. The molecule has 2 rings (SSSR count). The molecular weight excluding hydrogens is 228 g/mol. The van der Waals surface area contributed by atoms with Crippen molar-refractivity contribution >= 4 is 11.8 Å². The monoisotopic (exact) mass is 250 g/mol. The summed E-state index contributed by atoms with van der Waals surface area (Å²) in [6.07, 6.45) is 5.25. The van der Waals surface area contributed by atoms with Gasteiger partial charge in [-0.25, -0.2) is 4.98 Å². The van der Waals surface area contributed by atoms with E-state index in [1.807, 2.05) is 6.07 Å². The molecule has 2 heterocycles. The van der Waals surface area contributed by atoms with Gasteiger partial charge in [-0.2, -0.15) is 4.98 Å². The maximum atomic E-state index is 5.54. The van der Waals surface area contributed by atoms with Crippen LogP contribution < -0.4 is 10.6 Å². The highest BCUT2D eigenvalue weighted by Gasteiger charge is 2.19. The summed E-state index contributed by atoms with van der Waals surface area (Å²) in [6, 6.07) is 2.36. The van der Waals surface area contributed by atoms with Gasteiger partial charge in [0.15, 0.2) is 0 Å². The average molecular weight is 250 g/mol. The molecule has 2 atom stereocenters. The summed E-state index contributed by atoms with van der Waals surface area (Å²) in [6.45, 7) is 5.96. The van der Waals surface area contributed by atoms with Crippen LogP contribution in [-0.2, 0) is 4.74 Å². The summed E-state index contributed by atoms with van der Waals surface area (Å²) < 4.78 is 5.54. The molecule has 2 N–H and O–H groups in total. The maximum absolute atomic E-state index is 5.54. The number of hydrogen-bond acceptors (Lipinski definition) is 5. The van der Waals surface area contributed by atoms with Crippen LogP contribution in [0, 0.1) is 0 Å². The first-order valence-electron chi connectivity index (χ1n) is 6.73. The van der Waals surface area contributed by atoms with Crippen LogP contribution in [-0.4, -0.2) is 35.3 Å². The second-order valence-corrected chi connectivity index (χ2v) is 4.74. The number of nitrogens with zero attached hydrogens (tertiary/aromatic N) is 2. The minimum absolute atomic E-state index is 0.329. The van der Waals surface area contributed by atoms with Crippen molar-refractivity contribution in [1.29, 1.82) is 0 Å². The topological polar surface area (TPSA) is 59.1 Å². The maximum Gasteiger partial charge on any atom is 0.224 e. The van der Waals surface area contributed by atoms with Crippen LogP contribution in [0.1, 0.15) is 33.1 Å². The molecule has 0 aliphatic carbocycles. The molecule has 1 saturated heterocycles. The molecule has 0 amide bonds. The Balaban J connectivity index is 1.91. The molecule has 18 heavy (non-hydrogen) atoms. The van der Waals surface area contributed by atoms with Crippen LogP contribution in [0.2, 0.25) is 0 Å². The molecule has 1 aromatic heterocycles. The lowest BCUT2D eigenvalue weighted by atomic mass is 10.0. The lowest BCUT2D eigenvalue weighted by Crippen LogP contribution is -2.32. The third kappa shape index (κ3) is 3.84. The zero-order chi connectivity index (χ0) is 12.8. The molecule has 0 radical (unpaired) electrons. The molecule has 0 bridgehead atoms. The van der Waals surface area contributed by atoms with Gasteiger partial charge in [0.2, 0.25) is 5.95 Å². The Kier molecular flexibility index (Phi) is 4.75. The Morgan fingerprint density at radius 3 is 3.17 bits per heavy atom. The summed E-state index contributed by atoms with van der Waals surface area (Å²) in [4.78, 5) is 8.65. The van der Waals surface area contributed by atoms with Crippen molar-refractivity contribution in [1.82, 2.24) is 9.97 Å². The molecule has 100 valence electrons. The van der Waals surface area contributed by atoms with Crippen molar-refractivity contribution in [2.45, 2.75) is 45.3 Å². The number of ether oxygens (including phenoxy) is 1. The zero-order valence-corrected chi connectivity index (χ0v) is 11.1. The van der Waals surface area contributed by atoms with E-state index in [0.717, 1.165) is 38.2 Å². The third-order valence-corrected chi connectivity index (χ3v) is 3.03. The molecule has 1 aliphatic rings. The quantitative estimate of drug-likeness (QED) is 0.839. The number of hydrogen-bond donors (Lipinski definition) is 2. The van der Waals surface area contributed by atoms with E-state index in [-0.39, 0.29) is 0 Å². The van der Waals surface area contributed by atoms with Gasteiger partial charge in [0.05, 0.1) is 6.10 Å². The minimum atomic E-state index is 0.329. The smallest absolute Gasteiger partial charge is 0.224 e. The molecule has 0 spiro atoms. The summed E-state index contributed by atoms with van der Waals surface area (Å²) >= 11 is 0. The highest BCUT2D eigenvalue weighted by molar-refractivity contribution is 5.40. The fraction of sp³-hybridized carbons (Fsp3) is 0.692. The SMILES string of the molecule is CCCNc1nccc(NC2CCOC(C)C2)n1. The van der Waals surface area contributed by atoms with Crippen LogP contribution in [0.15, 0.2) is 12.3 Å². The van der Waals surface area contributed by atoms with E-state index in [1.165, 1.54) is 0 Å². The van der Waals surface area contributed by atoms with Crippen molar-refractivity contribution < 1.29 is 4.74 Å². The van der Waals surface area contributed by atoms with Gasteiger partial charge >= 0.3 is 0 Å². The Morgan fingerprint density at radius 1 is 1.50 bits per heavy atom. The Morgan fingerprint density at radius 2 is 2.39 bits per heavy atom. The number of rotatable bonds is 5. The van der Waals surface area contributed by atoms with Crippen LogP contribution in [0.4, 0.5) is 11.8 Å². The summed E-state index contributed by atoms with van der Waals surface area (Å²) in [5.41, 5.74) is 0. The van der Waals surface area contributed by atoms with Gasteiger partial charge in [-0.1, -0.05) is 6.92 Å². The molecule has 1 fully saturated rings. The van der Waals surface area contributed by atoms with Crippen molar-refractivity contribution in [3.63, 3.8) is 0 Å². The normalized spacial score (nSPS) is 23.7. The lowest BCUT2D eigenvalue weighted by molar-refractivity contribution is 0.0232. The number of nitrogens with one attached hydrogen (secondary N) is 2. The number of aromatic nitrogens is 2. The van der Waals surface area contributed by atoms with Crippen LogP contribution in [0.25, 0.3) is 0 Å². The minimum Gasteiger partial charge on any atom is -0.378 e. The van der Waals surface area contributed by atoms with Crippen molar-refractivity contribution in [2.75, 3.05) is 23.8 Å². The first-order valence-corrected chi connectivity index (χ1v) is 6.73. The van der Waals surface area contributed by atoms with E-state index < -0.39 is 0 Å². The second kappa shape index (κ2) is 6.54. The van der Waals surface area contributed by atoms with E-state index in [4.69, 9.17) is 4.74 Å². The second-order valence-electron chi connectivity index (χ2n) is 4.74. The first-order chi connectivity index (χ1) is 8.78. The molecule has 5 nitrogen and oxygen atoms in total. The highest BCUT2D eigenvalue weighted by atomic mass is 16.5. The van der Waals surface area contributed by atoms with Gasteiger partial charge in [-0.05, 0) is 32.3 Å². The fourth-order valence-corrected chi connectivity index (χ4v) is 2.10. The predicted molar refractivity (Wildman–Crippen MR) is 72.9 cm³/mol. The molecule has 2 unspecified atom stereocenters. The van der Waals surface area contributed by atoms with Crippen LogP contribution in [0.3, 0.4) is 0 Å². The predicted octanol–water partition coefficient (Wildman–Crippen LogP) is 2.28. The summed E-state index contributed by atoms with van der Waals surface area (Å²) in [7, 11) is 0. The van der Waals surface area contributed by atoms with Gasteiger partial charge < -0.3 is 15.4 Å². The van der Waals surface area contributed by atoms with E-state index in [0.29, 0.717) is 18.1 Å². The van der Waals surface area contributed by atoms with E-state index in [9.17, 15) is 0 Å². The van der Waals surface area contributed by atoms with Crippen molar-refractivity contribution in [3.05, 3.63) is 12.3 Å².